The minimum atomic E-state index is 0.0675. The third-order valence-electron chi connectivity index (χ3n) is 4.57. The van der Waals surface area contributed by atoms with E-state index in [0.29, 0.717) is 11.8 Å². The molecule has 124 valence electrons. The van der Waals surface area contributed by atoms with Crippen LogP contribution in [0.4, 0.5) is 5.13 Å². The van der Waals surface area contributed by atoms with Crippen molar-refractivity contribution < 1.29 is 4.52 Å². The van der Waals surface area contributed by atoms with Gasteiger partial charge in [-0.05, 0) is 25.7 Å². The monoisotopic (exact) mass is 333 g/mol. The van der Waals surface area contributed by atoms with Crippen LogP contribution in [0.15, 0.2) is 4.52 Å². The number of nitrogens with zero attached hydrogens (tertiary/aromatic N) is 5. The molecule has 0 spiro atoms. The number of rotatable bonds is 3. The second-order valence-electron chi connectivity index (χ2n) is 7.67. The van der Waals surface area contributed by atoms with Crippen molar-refractivity contribution in [3.8, 4) is 0 Å². The number of hydrogen-bond acceptors (Lipinski definition) is 7. The van der Waals surface area contributed by atoms with E-state index in [1.54, 1.807) is 11.3 Å². The predicted molar refractivity (Wildman–Crippen MR) is 89.1 cm³/mol. The molecule has 0 amide bonds. The summed E-state index contributed by atoms with van der Waals surface area (Å²) in [6.45, 7) is 8.50. The van der Waals surface area contributed by atoms with Crippen molar-refractivity contribution in [3.63, 3.8) is 0 Å². The molecule has 1 aliphatic carbocycles. The van der Waals surface area contributed by atoms with E-state index >= 15 is 0 Å². The van der Waals surface area contributed by atoms with Crippen molar-refractivity contribution in [1.82, 2.24) is 20.3 Å². The van der Waals surface area contributed by atoms with Crippen molar-refractivity contribution in [3.05, 3.63) is 16.7 Å². The van der Waals surface area contributed by atoms with Crippen molar-refractivity contribution in [1.29, 1.82) is 0 Å². The van der Waals surface area contributed by atoms with Gasteiger partial charge in [-0.2, -0.15) is 4.98 Å². The smallest absolute Gasteiger partial charge is 0.229 e. The maximum atomic E-state index is 5.40. The molecule has 2 aliphatic rings. The van der Waals surface area contributed by atoms with Gasteiger partial charge in [0.05, 0.1) is 0 Å². The Labute approximate surface area is 140 Å². The van der Waals surface area contributed by atoms with Gasteiger partial charge in [-0.1, -0.05) is 37.3 Å². The van der Waals surface area contributed by atoms with Gasteiger partial charge in [0.25, 0.3) is 0 Å². The van der Waals surface area contributed by atoms with Gasteiger partial charge < -0.3 is 9.42 Å². The third-order valence-corrected chi connectivity index (χ3v) is 5.98. The Bertz CT molecular complexity index is 677. The van der Waals surface area contributed by atoms with Crippen LogP contribution in [0.25, 0.3) is 0 Å². The molecule has 0 N–H and O–H groups in total. The molecule has 2 fully saturated rings. The lowest BCUT2D eigenvalue weighted by Crippen LogP contribution is -2.33. The molecule has 4 rings (SSSR count). The molecule has 23 heavy (non-hydrogen) atoms. The summed E-state index contributed by atoms with van der Waals surface area (Å²) in [4.78, 5) is 6.95. The standard InChI is InChI=1S/C16H23N5OS/c1-16(2,3)14-18-19-15(23-14)21-8-6-10(7-9-21)12-17-13(22-20-12)11-4-5-11/h10-11H,4-9H2,1-3H3. The van der Waals surface area contributed by atoms with Crippen LogP contribution in [0.1, 0.15) is 75.0 Å². The molecule has 1 aliphatic heterocycles. The van der Waals surface area contributed by atoms with E-state index in [-0.39, 0.29) is 5.41 Å². The van der Waals surface area contributed by atoms with Crippen LogP contribution >= 0.6 is 11.3 Å². The second-order valence-corrected chi connectivity index (χ2v) is 8.62. The molecule has 0 unspecified atom stereocenters. The summed E-state index contributed by atoms with van der Waals surface area (Å²) < 4.78 is 5.40. The Balaban J connectivity index is 1.39. The molecule has 2 aromatic heterocycles. The Morgan fingerprint density at radius 1 is 1.04 bits per heavy atom. The van der Waals surface area contributed by atoms with Gasteiger partial charge >= 0.3 is 0 Å². The maximum Gasteiger partial charge on any atom is 0.229 e. The average Bonchev–Trinajstić information content (AvgIpc) is 3.05. The van der Waals surface area contributed by atoms with Gasteiger partial charge in [-0.15, -0.1) is 10.2 Å². The van der Waals surface area contributed by atoms with Crippen LogP contribution in [0, 0.1) is 0 Å². The van der Waals surface area contributed by atoms with E-state index in [1.807, 2.05) is 0 Å². The SMILES string of the molecule is CC(C)(C)c1nnc(N2CCC(c3noc(C4CC4)n3)CC2)s1. The number of aromatic nitrogens is 4. The predicted octanol–water partition coefficient (Wildman–Crippen LogP) is 3.48. The Kier molecular flexibility index (Phi) is 3.63. The first-order valence-corrected chi connectivity index (χ1v) is 9.25. The molecule has 0 bridgehead atoms. The van der Waals surface area contributed by atoms with E-state index in [2.05, 4.69) is 46.0 Å². The number of piperidine rings is 1. The van der Waals surface area contributed by atoms with Gasteiger partial charge in [0.15, 0.2) is 5.82 Å². The van der Waals surface area contributed by atoms with Crippen LogP contribution < -0.4 is 4.90 Å². The Morgan fingerprint density at radius 3 is 2.39 bits per heavy atom. The summed E-state index contributed by atoms with van der Waals surface area (Å²) in [5, 5.41) is 15.1. The first kappa shape index (κ1) is 15.1. The number of hydrogen-bond donors (Lipinski definition) is 0. The first-order chi connectivity index (χ1) is 11.0. The minimum Gasteiger partial charge on any atom is -0.347 e. The zero-order chi connectivity index (χ0) is 16.0. The summed E-state index contributed by atoms with van der Waals surface area (Å²) in [6, 6.07) is 0. The van der Waals surface area contributed by atoms with Crippen LogP contribution in [-0.2, 0) is 5.41 Å². The summed E-state index contributed by atoms with van der Waals surface area (Å²) in [5.74, 6) is 2.70. The zero-order valence-corrected chi connectivity index (χ0v) is 14.8. The fourth-order valence-electron chi connectivity index (χ4n) is 2.88. The average molecular weight is 333 g/mol. The van der Waals surface area contributed by atoms with E-state index < -0.39 is 0 Å². The highest BCUT2D eigenvalue weighted by Gasteiger charge is 2.32. The molecule has 2 aromatic rings. The third kappa shape index (κ3) is 3.11. The molecule has 0 radical (unpaired) electrons. The van der Waals surface area contributed by atoms with Crippen molar-refractivity contribution in [2.45, 2.75) is 63.7 Å². The molecular weight excluding hydrogens is 310 g/mol. The van der Waals surface area contributed by atoms with Crippen molar-refractivity contribution >= 4 is 16.5 Å². The van der Waals surface area contributed by atoms with E-state index in [0.717, 1.165) is 47.8 Å². The lowest BCUT2D eigenvalue weighted by atomic mass is 9.96. The fourth-order valence-corrected chi connectivity index (χ4v) is 3.84. The molecule has 7 heteroatoms. The van der Waals surface area contributed by atoms with Crippen LogP contribution in [-0.4, -0.2) is 33.4 Å². The summed E-state index contributed by atoms with van der Waals surface area (Å²) in [5.41, 5.74) is 0.0675. The Hall–Kier alpha value is -1.50. The van der Waals surface area contributed by atoms with Gasteiger partial charge in [0, 0.05) is 30.3 Å². The summed E-state index contributed by atoms with van der Waals surface area (Å²) >= 11 is 1.71. The lowest BCUT2D eigenvalue weighted by Gasteiger charge is -2.29. The van der Waals surface area contributed by atoms with E-state index in [9.17, 15) is 0 Å². The van der Waals surface area contributed by atoms with Crippen LogP contribution in [0.3, 0.4) is 0 Å². The van der Waals surface area contributed by atoms with Gasteiger partial charge in [-0.3, -0.25) is 0 Å². The highest BCUT2D eigenvalue weighted by molar-refractivity contribution is 7.15. The summed E-state index contributed by atoms with van der Waals surface area (Å²) in [6.07, 6.45) is 4.50. The van der Waals surface area contributed by atoms with Crippen molar-refractivity contribution in [2.24, 2.45) is 0 Å². The minimum absolute atomic E-state index is 0.0675. The number of anilines is 1. The molecule has 0 aromatic carbocycles. The quantitative estimate of drug-likeness (QED) is 0.856. The Morgan fingerprint density at radius 2 is 1.78 bits per heavy atom. The fraction of sp³-hybridized carbons (Fsp3) is 0.750. The summed E-state index contributed by atoms with van der Waals surface area (Å²) in [7, 11) is 0. The normalized spacial score (nSPS) is 20.2. The molecule has 1 saturated heterocycles. The zero-order valence-electron chi connectivity index (χ0n) is 13.9. The van der Waals surface area contributed by atoms with E-state index in [4.69, 9.17) is 4.52 Å². The topological polar surface area (TPSA) is 67.9 Å². The van der Waals surface area contributed by atoms with Crippen LogP contribution in [0.5, 0.6) is 0 Å². The van der Waals surface area contributed by atoms with E-state index in [1.165, 1.54) is 12.8 Å². The van der Waals surface area contributed by atoms with Crippen LogP contribution in [0.2, 0.25) is 0 Å². The second kappa shape index (κ2) is 5.54. The maximum absolute atomic E-state index is 5.40. The molecular formula is C16H23N5OS. The first-order valence-electron chi connectivity index (χ1n) is 8.43. The highest BCUT2D eigenvalue weighted by atomic mass is 32.1. The molecule has 6 nitrogen and oxygen atoms in total. The lowest BCUT2D eigenvalue weighted by molar-refractivity contribution is 0.365. The largest absolute Gasteiger partial charge is 0.347 e. The van der Waals surface area contributed by atoms with Crippen molar-refractivity contribution in [2.75, 3.05) is 18.0 Å². The highest BCUT2D eigenvalue weighted by Crippen LogP contribution is 2.40. The van der Waals surface area contributed by atoms with Gasteiger partial charge in [0.2, 0.25) is 11.0 Å². The molecule has 3 heterocycles. The van der Waals surface area contributed by atoms with Gasteiger partial charge in [0.1, 0.15) is 5.01 Å². The molecule has 1 saturated carbocycles. The van der Waals surface area contributed by atoms with Gasteiger partial charge in [-0.25, -0.2) is 0 Å². The molecule has 0 atom stereocenters.